The summed E-state index contributed by atoms with van der Waals surface area (Å²) in [4.78, 5) is 12.2. The van der Waals surface area contributed by atoms with Gasteiger partial charge in [-0.3, -0.25) is 4.79 Å². The first-order chi connectivity index (χ1) is 9.25. The molecule has 0 unspecified atom stereocenters. The number of hydrogen-bond acceptors (Lipinski definition) is 1. The Labute approximate surface area is 123 Å². The predicted molar refractivity (Wildman–Crippen MR) is 86.2 cm³/mol. The van der Waals surface area contributed by atoms with Gasteiger partial charge in [0.05, 0.1) is 0 Å². The second kappa shape index (κ2) is 5.20. The Hall–Kier alpha value is -1.37. The number of allylic oxidation sites excluding steroid dienone is 2. The van der Waals surface area contributed by atoms with E-state index in [2.05, 4.69) is 52.8 Å². The van der Waals surface area contributed by atoms with E-state index in [-0.39, 0.29) is 11.2 Å². The Kier molecular flexibility index (Phi) is 3.90. The van der Waals surface area contributed by atoms with Crippen LogP contribution in [0.4, 0.5) is 0 Å². The third kappa shape index (κ3) is 2.59. The lowest BCUT2D eigenvalue weighted by atomic mass is 9.81. The van der Waals surface area contributed by atoms with E-state index in [9.17, 15) is 4.79 Å². The Morgan fingerprint density at radius 2 is 1.90 bits per heavy atom. The minimum Gasteiger partial charge on any atom is -0.294 e. The summed E-state index contributed by atoms with van der Waals surface area (Å²) >= 11 is 0. The van der Waals surface area contributed by atoms with Crippen LogP contribution in [0, 0.1) is 0 Å². The molecule has 1 heteroatoms. The van der Waals surface area contributed by atoms with Gasteiger partial charge in [-0.15, -0.1) is 0 Å². The quantitative estimate of drug-likeness (QED) is 0.753. The highest BCUT2D eigenvalue weighted by Gasteiger charge is 2.26. The van der Waals surface area contributed by atoms with E-state index in [0.29, 0.717) is 12.3 Å². The molecule has 1 aromatic carbocycles. The first kappa shape index (κ1) is 15.0. The minimum absolute atomic E-state index is 0.113. The van der Waals surface area contributed by atoms with Crippen molar-refractivity contribution in [2.45, 2.75) is 65.7 Å². The highest BCUT2D eigenvalue weighted by atomic mass is 16.1. The predicted octanol–water partition coefficient (Wildman–Crippen LogP) is 5.03. The fourth-order valence-corrected chi connectivity index (χ4v) is 2.88. The van der Waals surface area contributed by atoms with Crippen molar-refractivity contribution in [2.24, 2.45) is 0 Å². The molecule has 0 aliphatic heterocycles. The number of rotatable bonds is 3. The monoisotopic (exact) mass is 270 g/mol. The Balaban J connectivity index is 2.63. The molecule has 0 heterocycles. The SMILES string of the molecule is CCC(=O)C1=CCc2c1cc(C(C)(C)C)cc2C(C)C. The number of benzene rings is 1. The molecule has 0 N–H and O–H groups in total. The fraction of sp³-hybridized carbons (Fsp3) is 0.526. The average molecular weight is 270 g/mol. The fourth-order valence-electron chi connectivity index (χ4n) is 2.88. The van der Waals surface area contributed by atoms with Crippen LogP contribution in [0.1, 0.15) is 76.1 Å². The minimum atomic E-state index is 0.113. The molecular formula is C19H26O. The molecule has 1 aliphatic rings. The number of carbonyl (C=O) groups excluding carboxylic acids is 1. The summed E-state index contributed by atoms with van der Waals surface area (Å²) in [6.07, 6.45) is 3.62. The zero-order valence-corrected chi connectivity index (χ0v) is 13.6. The van der Waals surface area contributed by atoms with Crippen molar-refractivity contribution in [3.8, 4) is 0 Å². The van der Waals surface area contributed by atoms with Crippen molar-refractivity contribution in [1.29, 1.82) is 0 Å². The van der Waals surface area contributed by atoms with Crippen LogP contribution in [-0.4, -0.2) is 5.78 Å². The molecule has 0 aromatic heterocycles. The first-order valence-electron chi connectivity index (χ1n) is 7.66. The average Bonchev–Trinajstić information content (AvgIpc) is 2.79. The number of carbonyl (C=O) groups is 1. The standard InChI is InChI=1S/C19H26O/c1-7-18(20)15-9-8-14-16(12(2)3)10-13(11-17(14)15)19(4,5)6/h9-12H,7-8H2,1-6H3. The largest absolute Gasteiger partial charge is 0.294 e. The van der Waals surface area contributed by atoms with Crippen LogP contribution in [0.15, 0.2) is 18.2 Å². The molecule has 0 spiro atoms. The zero-order valence-electron chi connectivity index (χ0n) is 13.6. The van der Waals surface area contributed by atoms with Gasteiger partial charge in [-0.2, -0.15) is 0 Å². The van der Waals surface area contributed by atoms with E-state index in [4.69, 9.17) is 0 Å². The maximum atomic E-state index is 12.2. The topological polar surface area (TPSA) is 17.1 Å². The lowest BCUT2D eigenvalue weighted by molar-refractivity contribution is -0.113. The van der Waals surface area contributed by atoms with E-state index in [1.165, 1.54) is 22.3 Å². The van der Waals surface area contributed by atoms with Crippen LogP contribution < -0.4 is 0 Å². The summed E-state index contributed by atoms with van der Waals surface area (Å²) in [6, 6.07) is 4.59. The summed E-state index contributed by atoms with van der Waals surface area (Å²) in [6.45, 7) is 13.1. The van der Waals surface area contributed by atoms with Crippen LogP contribution in [0.3, 0.4) is 0 Å². The van der Waals surface area contributed by atoms with Gasteiger partial charge in [-0.1, -0.05) is 59.8 Å². The van der Waals surface area contributed by atoms with Crippen LogP contribution in [0.2, 0.25) is 0 Å². The molecule has 0 fully saturated rings. The molecule has 1 aromatic rings. The molecule has 0 saturated carbocycles. The molecule has 0 amide bonds. The summed E-state index contributed by atoms with van der Waals surface area (Å²) < 4.78 is 0. The smallest absolute Gasteiger partial charge is 0.162 e. The molecule has 20 heavy (non-hydrogen) atoms. The van der Waals surface area contributed by atoms with Gasteiger partial charge in [-0.05, 0) is 40.0 Å². The van der Waals surface area contributed by atoms with E-state index in [0.717, 1.165) is 12.0 Å². The normalized spacial score (nSPS) is 14.4. The van der Waals surface area contributed by atoms with Gasteiger partial charge in [-0.25, -0.2) is 0 Å². The van der Waals surface area contributed by atoms with Crippen molar-refractivity contribution in [2.75, 3.05) is 0 Å². The van der Waals surface area contributed by atoms with E-state index in [1.54, 1.807) is 0 Å². The molecule has 1 nitrogen and oxygen atoms in total. The molecular weight excluding hydrogens is 244 g/mol. The van der Waals surface area contributed by atoms with Crippen molar-refractivity contribution in [3.63, 3.8) is 0 Å². The van der Waals surface area contributed by atoms with Gasteiger partial charge >= 0.3 is 0 Å². The van der Waals surface area contributed by atoms with Gasteiger partial charge in [0.25, 0.3) is 0 Å². The molecule has 2 rings (SSSR count). The molecule has 0 radical (unpaired) electrons. The lowest BCUT2D eigenvalue weighted by Gasteiger charge is -2.24. The second-order valence-corrected chi connectivity index (χ2v) is 7.09. The highest BCUT2D eigenvalue weighted by Crippen LogP contribution is 2.38. The van der Waals surface area contributed by atoms with Crippen molar-refractivity contribution >= 4 is 11.4 Å². The first-order valence-corrected chi connectivity index (χ1v) is 7.66. The summed E-state index contributed by atoms with van der Waals surface area (Å²) in [7, 11) is 0. The van der Waals surface area contributed by atoms with E-state index in [1.807, 2.05) is 6.92 Å². The van der Waals surface area contributed by atoms with Crippen molar-refractivity contribution in [1.82, 2.24) is 0 Å². The summed E-state index contributed by atoms with van der Waals surface area (Å²) in [5.41, 5.74) is 6.34. The van der Waals surface area contributed by atoms with Gasteiger partial charge in [0, 0.05) is 12.0 Å². The Morgan fingerprint density at radius 3 is 2.40 bits per heavy atom. The number of ketones is 1. The Morgan fingerprint density at radius 1 is 1.25 bits per heavy atom. The van der Waals surface area contributed by atoms with Gasteiger partial charge in [0.15, 0.2) is 5.78 Å². The van der Waals surface area contributed by atoms with Crippen LogP contribution >= 0.6 is 0 Å². The van der Waals surface area contributed by atoms with Crippen molar-refractivity contribution < 1.29 is 4.79 Å². The highest BCUT2D eigenvalue weighted by molar-refractivity contribution is 6.22. The van der Waals surface area contributed by atoms with Gasteiger partial charge in [0.1, 0.15) is 0 Å². The lowest BCUT2D eigenvalue weighted by Crippen LogP contribution is -2.14. The molecule has 108 valence electrons. The van der Waals surface area contributed by atoms with Gasteiger partial charge < -0.3 is 0 Å². The summed E-state index contributed by atoms with van der Waals surface area (Å²) in [5, 5.41) is 0. The van der Waals surface area contributed by atoms with E-state index >= 15 is 0 Å². The number of Topliss-reactive ketones (excluding diaryl/α,β-unsaturated/α-hetero) is 1. The third-order valence-electron chi connectivity index (χ3n) is 4.19. The molecule has 1 aliphatic carbocycles. The van der Waals surface area contributed by atoms with Crippen LogP contribution in [-0.2, 0) is 16.6 Å². The number of fused-ring (bicyclic) bond motifs is 1. The Bertz CT molecular complexity index is 568. The van der Waals surface area contributed by atoms with Gasteiger partial charge in [0.2, 0.25) is 0 Å². The molecule has 0 bridgehead atoms. The van der Waals surface area contributed by atoms with Crippen LogP contribution in [0.25, 0.3) is 5.57 Å². The van der Waals surface area contributed by atoms with Crippen molar-refractivity contribution in [3.05, 3.63) is 40.5 Å². The molecule has 0 saturated heterocycles. The van der Waals surface area contributed by atoms with E-state index < -0.39 is 0 Å². The summed E-state index contributed by atoms with van der Waals surface area (Å²) in [5.74, 6) is 0.764. The molecule has 0 atom stereocenters. The van der Waals surface area contributed by atoms with Crippen LogP contribution in [0.5, 0.6) is 0 Å². The second-order valence-electron chi connectivity index (χ2n) is 7.09. The maximum Gasteiger partial charge on any atom is 0.162 e. The zero-order chi connectivity index (χ0) is 15.1. The number of hydrogen-bond donors (Lipinski definition) is 0. The third-order valence-corrected chi connectivity index (χ3v) is 4.19. The maximum absolute atomic E-state index is 12.2.